The van der Waals surface area contributed by atoms with Crippen LogP contribution in [0.3, 0.4) is 0 Å². The Hall–Kier alpha value is -1.33. The molecule has 0 aromatic heterocycles. The Labute approximate surface area is 137 Å². The Morgan fingerprint density at radius 1 is 1.36 bits per heavy atom. The van der Waals surface area contributed by atoms with Crippen LogP contribution in [0.5, 0.6) is 5.75 Å². The van der Waals surface area contributed by atoms with Crippen molar-refractivity contribution in [1.82, 2.24) is 4.90 Å². The fraction of sp³-hybridized carbons (Fsp3) is 0.562. The minimum Gasteiger partial charge on any atom is -0.493 e. The molecule has 2 N–H and O–H groups in total. The molecule has 22 heavy (non-hydrogen) atoms. The smallest absolute Gasteiger partial charge is 0.225 e. The predicted octanol–water partition coefficient (Wildman–Crippen LogP) is 2.60. The van der Waals surface area contributed by atoms with Gasteiger partial charge < -0.3 is 15.4 Å². The highest BCUT2D eigenvalue weighted by atomic mass is 35.5. The van der Waals surface area contributed by atoms with Crippen LogP contribution in [0.25, 0.3) is 0 Å². The topological polar surface area (TPSA) is 55.6 Å². The lowest BCUT2D eigenvalue weighted by Gasteiger charge is -2.33. The third-order valence-electron chi connectivity index (χ3n) is 4.03. The van der Waals surface area contributed by atoms with Gasteiger partial charge in [-0.25, -0.2) is 4.39 Å². The predicted molar refractivity (Wildman–Crippen MR) is 86.7 cm³/mol. The highest BCUT2D eigenvalue weighted by Gasteiger charge is 2.24. The summed E-state index contributed by atoms with van der Waals surface area (Å²) in [4.78, 5) is 14.0. The van der Waals surface area contributed by atoms with Gasteiger partial charge in [-0.05, 0) is 49.9 Å². The number of carbonyl (C=O) groups is 1. The second-order valence-corrected chi connectivity index (χ2v) is 5.63. The average Bonchev–Trinajstić information content (AvgIpc) is 2.49. The van der Waals surface area contributed by atoms with Gasteiger partial charge in [-0.1, -0.05) is 0 Å². The number of likely N-dealkylation sites (tertiary alicyclic amines) is 1. The van der Waals surface area contributed by atoms with E-state index in [2.05, 4.69) is 0 Å². The van der Waals surface area contributed by atoms with Gasteiger partial charge in [-0.3, -0.25) is 4.79 Å². The summed E-state index contributed by atoms with van der Waals surface area (Å²) in [5.41, 5.74) is 5.89. The number of nitrogens with zero attached hydrogens (tertiary/aromatic N) is 1. The van der Waals surface area contributed by atoms with Crippen molar-refractivity contribution in [3.63, 3.8) is 0 Å². The number of piperidine rings is 1. The van der Waals surface area contributed by atoms with Crippen molar-refractivity contribution in [3.05, 3.63) is 30.1 Å². The molecule has 0 aliphatic carbocycles. The summed E-state index contributed by atoms with van der Waals surface area (Å²) in [6.45, 7) is 3.90. The molecule has 2 rings (SSSR count). The van der Waals surface area contributed by atoms with E-state index in [0.717, 1.165) is 25.9 Å². The van der Waals surface area contributed by atoms with Crippen molar-refractivity contribution >= 4 is 18.3 Å². The van der Waals surface area contributed by atoms with E-state index in [9.17, 15) is 9.18 Å². The van der Waals surface area contributed by atoms with E-state index in [4.69, 9.17) is 10.5 Å². The molecule has 1 amide bonds. The van der Waals surface area contributed by atoms with Crippen molar-refractivity contribution < 1.29 is 13.9 Å². The van der Waals surface area contributed by atoms with Gasteiger partial charge in [0.25, 0.3) is 0 Å². The van der Waals surface area contributed by atoms with Crippen LogP contribution in [0.4, 0.5) is 4.39 Å². The minimum atomic E-state index is -0.296. The first-order valence-electron chi connectivity index (χ1n) is 7.48. The lowest BCUT2D eigenvalue weighted by molar-refractivity contribution is -0.133. The Balaban J connectivity index is 0.00000242. The molecular formula is C16H24ClFN2O2. The zero-order valence-electron chi connectivity index (χ0n) is 12.8. The molecule has 0 bridgehead atoms. The minimum absolute atomic E-state index is 0. The van der Waals surface area contributed by atoms with Gasteiger partial charge in [0.15, 0.2) is 0 Å². The van der Waals surface area contributed by atoms with Crippen LogP contribution in [0.15, 0.2) is 24.3 Å². The van der Waals surface area contributed by atoms with E-state index < -0.39 is 0 Å². The van der Waals surface area contributed by atoms with Crippen LogP contribution >= 0.6 is 12.4 Å². The average molecular weight is 331 g/mol. The fourth-order valence-electron chi connectivity index (χ4n) is 2.62. The molecule has 1 unspecified atom stereocenters. The molecule has 1 fully saturated rings. The van der Waals surface area contributed by atoms with E-state index in [0.29, 0.717) is 24.7 Å². The lowest BCUT2D eigenvalue weighted by Crippen LogP contribution is -2.42. The van der Waals surface area contributed by atoms with Crippen molar-refractivity contribution in [2.45, 2.75) is 32.2 Å². The highest BCUT2D eigenvalue weighted by molar-refractivity contribution is 5.85. The van der Waals surface area contributed by atoms with Gasteiger partial charge in [0.1, 0.15) is 11.6 Å². The molecule has 0 spiro atoms. The Bertz CT molecular complexity index is 460. The number of rotatable bonds is 5. The number of nitrogens with two attached hydrogens (primary N) is 1. The maximum absolute atomic E-state index is 12.7. The van der Waals surface area contributed by atoms with Crippen LogP contribution in [0, 0.1) is 11.7 Å². The molecular weight excluding hydrogens is 307 g/mol. The van der Waals surface area contributed by atoms with E-state index in [1.807, 2.05) is 11.8 Å². The summed E-state index contributed by atoms with van der Waals surface area (Å²) in [5, 5.41) is 0. The lowest BCUT2D eigenvalue weighted by atomic mass is 9.91. The van der Waals surface area contributed by atoms with Gasteiger partial charge >= 0.3 is 0 Å². The maximum Gasteiger partial charge on any atom is 0.225 e. The zero-order chi connectivity index (χ0) is 15.2. The highest BCUT2D eigenvalue weighted by Crippen LogP contribution is 2.20. The monoisotopic (exact) mass is 330 g/mol. The summed E-state index contributed by atoms with van der Waals surface area (Å²) in [5.74, 6) is 0.917. The van der Waals surface area contributed by atoms with Crippen LogP contribution < -0.4 is 10.5 Å². The van der Waals surface area contributed by atoms with Crippen LogP contribution in [0.2, 0.25) is 0 Å². The second kappa shape index (κ2) is 8.96. The summed E-state index contributed by atoms with van der Waals surface area (Å²) < 4.78 is 18.2. The molecule has 0 radical (unpaired) electrons. The molecule has 124 valence electrons. The van der Waals surface area contributed by atoms with Crippen molar-refractivity contribution in [2.24, 2.45) is 11.7 Å². The first-order chi connectivity index (χ1) is 10.1. The van der Waals surface area contributed by atoms with E-state index >= 15 is 0 Å². The first kappa shape index (κ1) is 18.7. The number of halogens is 2. The molecule has 1 saturated heterocycles. The fourth-order valence-corrected chi connectivity index (χ4v) is 2.62. The van der Waals surface area contributed by atoms with Crippen molar-refractivity contribution in [2.75, 3.05) is 19.7 Å². The van der Waals surface area contributed by atoms with Gasteiger partial charge in [-0.2, -0.15) is 0 Å². The molecule has 6 heteroatoms. The Kier molecular flexibility index (Phi) is 7.62. The SMILES string of the molecule is CC(N)C1CCN(C(=O)CCOc2ccc(F)cc2)CC1.Cl. The summed E-state index contributed by atoms with van der Waals surface area (Å²) in [6.07, 6.45) is 2.30. The number of benzene rings is 1. The Morgan fingerprint density at radius 3 is 2.50 bits per heavy atom. The molecule has 1 heterocycles. The zero-order valence-corrected chi connectivity index (χ0v) is 13.7. The van der Waals surface area contributed by atoms with Gasteiger partial charge in [0.05, 0.1) is 13.0 Å². The van der Waals surface area contributed by atoms with Crippen molar-refractivity contribution in [1.29, 1.82) is 0 Å². The Morgan fingerprint density at radius 2 is 1.95 bits per heavy atom. The van der Waals surface area contributed by atoms with Gasteiger partial charge in [0, 0.05) is 19.1 Å². The van der Waals surface area contributed by atoms with E-state index in [1.165, 1.54) is 12.1 Å². The molecule has 0 saturated carbocycles. The summed E-state index contributed by atoms with van der Waals surface area (Å²) in [7, 11) is 0. The third-order valence-corrected chi connectivity index (χ3v) is 4.03. The quantitative estimate of drug-likeness (QED) is 0.903. The number of ether oxygens (including phenoxy) is 1. The normalized spacial score (nSPS) is 16.8. The second-order valence-electron chi connectivity index (χ2n) is 5.63. The molecule has 1 aromatic carbocycles. The summed E-state index contributed by atoms with van der Waals surface area (Å²) in [6, 6.07) is 6.01. The van der Waals surface area contributed by atoms with Crippen LogP contribution in [-0.4, -0.2) is 36.5 Å². The molecule has 1 aliphatic rings. The van der Waals surface area contributed by atoms with Crippen LogP contribution in [-0.2, 0) is 4.79 Å². The number of amides is 1. The van der Waals surface area contributed by atoms with Crippen LogP contribution in [0.1, 0.15) is 26.2 Å². The van der Waals surface area contributed by atoms with Gasteiger partial charge in [0.2, 0.25) is 5.91 Å². The third kappa shape index (κ3) is 5.46. The molecule has 1 aromatic rings. The molecule has 1 atom stereocenters. The number of carbonyl (C=O) groups excluding carboxylic acids is 1. The number of hydrogen-bond donors (Lipinski definition) is 1. The standard InChI is InChI=1S/C16H23FN2O2.ClH/c1-12(18)13-6-9-19(10-7-13)16(20)8-11-21-15-4-2-14(17)3-5-15;/h2-5,12-13H,6-11,18H2,1H3;1H. The summed E-state index contributed by atoms with van der Waals surface area (Å²) >= 11 is 0. The molecule has 4 nitrogen and oxygen atoms in total. The number of hydrogen-bond acceptors (Lipinski definition) is 3. The van der Waals surface area contributed by atoms with E-state index in [1.54, 1.807) is 12.1 Å². The largest absolute Gasteiger partial charge is 0.493 e. The molecule has 1 aliphatic heterocycles. The first-order valence-corrected chi connectivity index (χ1v) is 7.48. The van der Waals surface area contributed by atoms with Crippen molar-refractivity contribution in [3.8, 4) is 5.75 Å². The van der Waals surface area contributed by atoms with Gasteiger partial charge in [-0.15, -0.1) is 12.4 Å². The van der Waals surface area contributed by atoms with E-state index in [-0.39, 0.29) is 30.2 Å². The maximum atomic E-state index is 12.7.